The van der Waals surface area contributed by atoms with Gasteiger partial charge in [0.1, 0.15) is 16.7 Å². The maximum Gasteiger partial charge on any atom is 0.337 e. The maximum atomic E-state index is 11.3. The highest BCUT2D eigenvalue weighted by Gasteiger charge is 2.20. The standard InChI is InChI=1S/C24H22Cl2N2O4/c25-21-7-6-19(11-20(21)24(30)31)32-18-5-2-14-1-4-17(9-16(14)10-18)27-13-22(29)15-3-8-23(26)28-12-15/h2-3,5-8,10-12,17,22,27,29H,1,4,9,13H2,(H,30,31)/t17-,22+/m0/s1. The van der Waals surface area contributed by atoms with Gasteiger partial charge in [-0.15, -0.1) is 0 Å². The molecule has 2 atom stereocenters. The third kappa shape index (κ3) is 5.40. The number of nitrogens with one attached hydrogen (secondary N) is 1. The van der Waals surface area contributed by atoms with Crippen LogP contribution >= 0.6 is 23.2 Å². The van der Waals surface area contributed by atoms with Crippen LogP contribution in [0.4, 0.5) is 0 Å². The van der Waals surface area contributed by atoms with Crippen LogP contribution in [-0.2, 0) is 12.8 Å². The quantitative estimate of drug-likeness (QED) is 0.416. The first kappa shape index (κ1) is 22.6. The number of fused-ring (bicyclic) bond motifs is 1. The first-order valence-electron chi connectivity index (χ1n) is 10.2. The van der Waals surface area contributed by atoms with Crippen molar-refractivity contribution in [1.82, 2.24) is 10.3 Å². The van der Waals surface area contributed by atoms with Gasteiger partial charge in [0.05, 0.1) is 16.7 Å². The molecule has 0 saturated heterocycles. The molecule has 3 N–H and O–H groups in total. The van der Waals surface area contributed by atoms with Gasteiger partial charge in [-0.05, 0) is 66.8 Å². The molecule has 0 unspecified atom stereocenters. The van der Waals surface area contributed by atoms with Crippen molar-refractivity contribution in [2.45, 2.75) is 31.4 Å². The summed E-state index contributed by atoms with van der Waals surface area (Å²) < 4.78 is 5.89. The maximum absolute atomic E-state index is 11.3. The number of carboxylic acids is 1. The van der Waals surface area contributed by atoms with Crippen molar-refractivity contribution in [2.75, 3.05) is 6.54 Å². The fourth-order valence-corrected chi connectivity index (χ4v) is 4.13. The van der Waals surface area contributed by atoms with E-state index in [0.29, 0.717) is 23.2 Å². The number of ether oxygens (including phenoxy) is 1. The number of hydrogen-bond donors (Lipinski definition) is 3. The minimum Gasteiger partial charge on any atom is -0.478 e. The second-order valence-electron chi connectivity index (χ2n) is 7.76. The van der Waals surface area contributed by atoms with E-state index in [0.717, 1.165) is 24.8 Å². The van der Waals surface area contributed by atoms with Crippen molar-refractivity contribution in [3.8, 4) is 11.5 Å². The molecule has 6 nitrogen and oxygen atoms in total. The summed E-state index contributed by atoms with van der Waals surface area (Å²) >= 11 is 11.7. The van der Waals surface area contributed by atoms with Crippen LogP contribution in [0.15, 0.2) is 54.7 Å². The zero-order chi connectivity index (χ0) is 22.7. The molecule has 0 fully saturated rings. The van der Waals surface area contributed by atoms with Crippen molar-refractivity contribution in [3.05, 3.63) is 87.2 Å². The van der Waals surface area contributed by atoms with Gasteiger partial charge in [-0.3, -0.25) is 0 Å². The fraction of sp³-hybridized carbons (Fsp3) is 0.250. The third-order valence-electron chi connectivity index (χ3n) is 5.55. The highest BCUT2D eigenvalue weighted by Crippen LogP contribution is 2.30. The summed E-state index contributed by atoms with van der Waals surface area (Å²) in [4.78, 5) is 15.3. The Kier molecular flexibility index (Phi) is 6.96. The highest BCUT2D eigenvalue weighted by atomic mass is 35.5. The Bertz CT molecular complexity index is 1120. The molecule has 0 saturated carbocycles. The topological polar surface area (TPSA) is 91.7 Å². The molecule has 0 radical (unpaired) electrons. The van der Waals surface area contributed by atoms with Gasteiger partial charge in [-0.2, -0.15) is 0 Å². The molecule has 0 bridgehead atoms. The summed E-state index contributed by atoms with van der Waals surface area (Å²) in [5.74, 6) is -0.0522. The molecule has 1 aliphatic carbocycles. The number of aliphatic hydroxyl groups excluding tert-OH is 1. The summed E-state index contributed by atoms with van der Waals surface area (Å²) in [5.41, 5.74) is 3.15. The zero-order valence-corrected chi connectivity index (χ0v) is 18.6. The second-order valence-corrected chi connectivity index (χ2v) is 8.55. The molecule has 8 heteroatoms. The summed E-state index contributed by atoms with van der Waals surface area (Å²) in [5, 5.41) is 23.7. The Hall–Kier alpha value is -2.64. The molecule has 3 aromatic rings. The van der Waals surface area contributed by atoms with E-state index in [1.807, 2.05) is 18.2 Å². The molecule has 166 valence electrons. The Morgan fingerprint density at radius 2 is 1.91 bits per heavy atom. The summed E-state index contributed by atoms with van der Waals surface area (Å²) in [6.45, 7) is 0.419. The van der Waals surface area contributed by atoms with E-state index in [1.165, 1.54) is 23.3 Å². The first-order chi connectivity index (χ1) is 15.4. The molecule has 0 aliphatic heterocycles. The smallest absolute Gasteiger partial charge is 0.337 e. The lowest BCUT2D eigenvalue weighted by Gasteiger charge is -2.27. The van der Waals surface area contributed by atoms with Gasteiger partial charge in [0.2, 0.25) is 0 Å². The number of carboxylic acid groups (broad SMARTS) is 1. The largest absolute Gasteiger partial charge is 0.478 e. The molecule has 1 aromatic heterocycles. The van der Waals surface area contributed by atoms with Crippen LogP contribution in [-0.4, -0.2) is 33.8 Å². The number of aliphatic hydroxyl groups is 1. The zero-order valence-electron chi connectivity index (χ0n) is 17.1. The fourth-order valence-electron chi connectivity index (χ4n) is 3.82. The highest BCUT2D eigenvalue weighted by molar-refractivity contribution is 6.33. The summed E-state index contributed by atoms with van der Waals surface area (Å²) in [6.07, 6.45) is 3.62. The molecule has 0 amide bonds. The molecular formula is C24H22Cl2N2O4. The number of aryl methyl sites for hydroxylation is 1. The summed E-state index contributed by atoms with van der Waals surface area (Å²) in [6, 6.07) is 14.2. The minimum atomic E-state index is -1.10. The number of aromatic carboxylic acids is 1. The molecule has 2 aromatic carbocycles. The lowest BCUT2D eigenvalue weighted by Crippen LogP contribution is -2.37. The predicted octanol–water partition coefficient (Wildman–Crippen LogP) is 5.06. The lowest BCUT2D eigenvalue weighted by molar-refractivity contribution is 0.0696. The van der Waals surface area contributed by atoms with Crippen molar-refractivity contribution in [1.29, 1.82) is 0 Å². The molecule has 32 heavy (non-hydrogen) atoms. The SMILES string of the molecule is O=C(O)c1cc(Oc2ccc3c(c2)C[C@@H](NC[C@@H](O)c2ccc(Cl)nc2)CC3)ccc1Cl. The molecule has 0 spiro atoms. The summed E-state index contributed by atoms with van der Waals surface area (Å²) in [7, 11) is 0. The number of hydrogen-bond acceptors (Lipinski definition) is 5. The van der Waals surface area contributed by atoms with Crippen LogP contribution in [0.5, 0.6) is 11.5 Å². The van der Waals surface area contributed by atoms with Gasteiger partial charge in [-0.25, -0.2) is 9.78 Å². The van der Waals surface area contributed by atoms with E-state index in [4.69, 9.17) is 27.9 Å². The van der Waals surface area contributed by atoms with Gasteiger partial charge in [0.25, 0.3) is 0 Å². The Labute approximate surface area is 195 Å². The van der Waals surface area contributed by atoms with Gasteiger partial charge in [0, 0.05) is 24.3 Å². The minimum absolute atomic E-state index is 0.000774. The van der Waals surface area contributed by atoms with Gasteiger partial charge in [-0.1, -0.05) is 35.3 Å². The number of halogens is 2. The molecule has 1 aliphatic rings. The van der Waals surface area contributed by atoms with Crippen LogP contribution in [0.1, 0.15) is 39.6 Å². The Morgan fingerprint density at radius 3 is 2.66 bits per heavy atom. The van der Waals surface area contributed by atoms with Crippen LogP contribution in [0.25, 0.3) is 0 Å². The number of carbonyl (C=O) groups is 1. The Balaban J connectivity index is 1.40. The number of pyridine rings is 1. The van der Waals surface area contributed by atoms with Gasteiger partial charge >= 0.3 is 5.97 Å². The van der Waals surface area contributed by atoms with Crippen LogP contribution in [0, 0.1) is 0 Å². The Morgan fingerprint density at radius 1 is 1.12 bits per heavy atom. The van der Waals surface area contributed by atoms with Crippen molar-refractivity contribution < 1.29 is 19.7 Å². The third-order valence-corrected chi connectivity index (χ3v) is 6.10. The van der Waals surface area contributed by atoms with Crippen LogP contribution < -0.4 is 10.1 Å². The van der Waals surface area contributed by atoms with E-state index >= 15 is 0 Å². The van der Waals surface area contributed by atoms with E-state index in [9.17, 15) is 15.0 Å². The van der Waals surface area contributed by atoms with E-state index in [1.54, 1.807) is 24.4 Å². The van der Waals surface area contributed by atoms with Crippen molar-refractivity contribution >= 4 is 29.2 Å². The monoisotopic (exact) mass is 472 g/mol. The van der Waals surface area contributed by atoms with E-state index in [2.05, 4.69) is 10.3 Å². The lowest BCUT2D eigenvalue weighted by atomic mass is 9.88. The van der Waals surface area contributed by atoms with Crippen molar-refractivity contribution in [3.63, 3.8) is 0 Å². The van der Waals surface area contributed by atoms with Gasteiger partial charge in [0.15, 0.2) is 0 Å². The number of aromatic nitrogens is 1. The van der Waals surface area contributed by atoms with Crippen LogP contribution in [0.3, 0.4) is 0 Å². The molecule has 4 rings (SSSR count). The van der Waals surface area contributed by atoms with E-state index in [-0.39, 0.29) is 16.6 Å². The van der Waals surface area contributed by atoms with E-state index < -0.39 is 12.1 Å². The second kappa shape index (κ2) is 9.88. The average Bonchev–Trinajstić information content (AvgIpc) is 2.78. The molecular weight excluding hydrogens is 451 g/mol. The van der Waals surface area contributed by atoms with Crippen LogP contribution in [0.2, 0.25) is 10.2 Å². The average molecular weight is 473 g/mol. The van der Waals surface area contributed by atoms with Crippen molar-refractivity contribution in [2.24, 2.45) is 0 Å². The van der Waals surface area contributed by atoms with Gasteiger partial charge < -0.3 is 20.3 Å². The number of rotatable bonds is 7. The first-order valence-corrected chi connectivity index (χ1v) is 11.0. The normalized spacial score (nSPS) is 16.3. The number of nitrogens with zero attached hydrogens (tertiary/aromatic N) is 1. The number of benzene rings is 2. The molecule has 1 heterocycles. The predicted molar refractivity (Wildman–Crippen MR) is 123 cm³/mol.